The quantitative estimate of drug-likeness (QED) is 0.419. The first-order valence-electron chi connectivity index (χ1n) is 11.9. The molecule has 2 N–H and O–H groups in total. The van der Waals surface area contributed by atoms with Gasteiger partial charge in [0, 0.05) is 49.0 Å². The van der Waals surface area contributed by atoms with E-state index in [2.05, 4.69) is 47.1 Å². The molecule has 9 heteroatoms. The van der Waals surface area contributed by atoms with Crippen LogP contribution in [0.5, 0.6) is 5.88 Å². The Morgan fingerprint density at radius 1 is 1.09 bits per heavy atom. The van der Waals surface area contributed by atoms with E-state index in [4.69, 9.17) is 4.74 Å². The third-order valence-electron chi connectivity index (χ3n) is 7.34. The molecule has 4 aromatic rings. The lowest BCUT2D eigenvalue weighted by atomic mass is 9.95. The van der Waals surface area contributed by atoms with Crippen molar-refractivity contribution >= 4 is 33.8 Å². The smallest absolute Gasteiger partial charge is 0.213 e. The number of benzene rings is 1. The molecule has 3 unspecified atom stereocenters. The van der Waals surface area contributed by atoms with Crippen molar-refractivity contribution in [3.05, 3.63) is 53.7 Å². The van der Waals surface area contributed by atoms with Gasteiger partial charge in [-0.3, -0.25) is 9.88 Å². The Bertz CT molecular complexity index is 1300. The highest BCUT2D eigenvalue weighted by Gasteiger charge is 2.41. The second-order valence-corrected chi connectivity index (χ2v) is 9.88. The minimum Gasteiger partial charge on any atom is -0.481 e. The van der Waals surface area contributed by atoms with Gasteiger partial charge in [0.05, 0.1) is 36.0 Å². The second kappa shape index (κ2) is 9.14. The maximum absolute atomic E-state index is 11.2. The van der Waals surface area contributed by atoms with Gasteiger partial charge in [-0.2, -0.15) is 8.75 Å². The second-order valence-electron chi connectivity index (χ2n) is 9.36. The number of hydrogen-bond acceptors (Lipinski definition) is 9. The van der Waals surface area contributed by atoms with Crippen molar-refractivity contribution in [2.24, 2.45) is 0 Å². The molecule has 8 nitrogen and oxygen atoms in total. The van der Waals surface area contributed by atoms with Gasteiger partial charge in [-0.1, -0.05) is 6.07 Å². The lowest BCUT2D eigenvalue weighted by Crippen LogP contribution is -2.50. The summed E-state index contributed by atoms with van der Waals surface area (Å²) in [7, 11) is 1.60. The monoisotopic (exact) mass is 476 g/mol. The van der Waals surface area contributed by atoms with Crippen LogP contribution in [-0.4, -0.2) is 60.5 Å². The number of piperidine rings is 1. The molecule has 2 bridgehead atoms. The van der Waals surface area contributed by atoms with Gasteiger partial charge < -0.3 is 15.2 Å². The highest BCUT2D eigenvalue weighted by atomic mass is 32.1. The minimum atomic E-state index is -0.615. The summed E-state index contributed by atoms with van der Waals surface area (Å²) in [4.78, 5) is 11.5. The molecule has 0 spiro atoms. The van der Waals surface area contributed by atoms with Crippen molar-refractivity contribution in [2.45, 2.75) is 56.5 Å². The van der Waals surface area contributed by atoms with E-state index in [9.17, 15) is 5.11 Å². The number of ether oxygens (including phenoxy) is 1. The highest BCUT2D eigenvalue weighted by molar-refractivity contribution is 7.00. The van der Waals surface area contributed by atoms with Crippen LogP contribution in [0.2, 0.25) is 0 Å². The Morgan fingerprint density at radius 2 is 1.88 bits per heavy atom. The number of aliphatic hydroxyl groups is 1. The Labute approximate surface area is 202 Å². The van der Waals surface area contributed by atoms with Gasteiger partial charge in [0.15, 0.2) is 0 Å². The number of methoxy groups -OCH3 is 1. The van der Waals surface area contributed by atoms with Crippen molar-refractivity contribution in [3.63, 3.8) is 0 Å². The molecule has 0 radical (unpaired) electrons. The fraction of sp³-hybridized carbons (Fsp3) is 0.440. The van der Waals surface area contributed by atoms with E-state index in [0.29, 0.717) is 36.1 Å². The predicted octanol–water partition coefficient (Wildman–Crippen LogP) is 3.46. The predicted molar refractivity (Wildman–Crippen MR) is 132 cm³/mol. The van der Waals surface area contributed by atoms with Gasteiger partial charge in [-0.25, -0.2) is 4.98 Å². The average Bonchev–Trinajstić information content (AvgIpc) is 3.42. The zero-order valence-corrected chi connectivity index (χ0v) is 19.9. The third kappa shape index (κ3) is 4.13. The lowest BCUT2D eigenvalue weighted by Gasteiger charge is -2.40. The van der Waals surface area contributed by atoms with Crippen LogP contribution in [-0.2, 0) is 6.54 Å². The van der Waals surface area contributed by atoms with Gasteiger partial charge in [-0.15, -0.1) is 0 Å². The molecule has 6 rings (SSSR count). The normalized spacial score (nSPS) is 23.5. The van der Waals surface area contributed by atoms with Crippen LogP contribution in [0.3, 0.4) is 0 Å². The molecule has 34 heavy (non-hydrogen) atoms. The van der Waals surface area contributed by atoms with Gasteiger partial charge in [0.1, 0.15) is 11.0 Å². The molecule has 0 amide bonds. The Morgan fingerprint density at radius 3 is 2.71 bits per heavy atom. The fourth-order valence-electron chi connectivity index (χ4n) is 5.65. The first-order chi connectivity index (χ1) is 16.7. The number of aromatic nitrogens is 4. The summed E-state index contributed by atoms with van der Waals surface area (Å²) in [5.41, 5.74) is 5.49. The average molecular weight is 477 g/mol. The molecule has 0 saturated carbocycles. The van der Waals surface area contributed by atoms with Gasteiger partial charge in [-0.05, 0) is 55.5 Å². The summed E-state index contributed by atoms with van der Waals surface area (Å²) in [5.74, 6) is 0.533. The largest absolute Gasteiger partial charge is 0.481 e. The molecule has 3 atom stereocenters. The molecule has 2 fully saturated rings. The molecule has 2 aliphatic heterocycles. The third-order valence-corrected chi connectivity index (χ3v) is 7.90. The van der Waals surface area contributed by atoms with Crippen LogP contribution < -0.4 is 10.1 Å². The minimum absolute atomic E-state index is 0.489. The molecular formula is C25H28N6O2S. The summed E-state index contributed by atoms with van der Waals surface area (Å²) in [6.45, 7) is 1.46. The Kier molecular flexibility index (Phi) is 5.86. The number of pyridine rings is 2. The standard InChI is InChI=1S/C25H28N6O2S/c1-33-24-7-6-21-25(28-24)19(8-9-26-21)23(32)14-31-17-3-4-18(31)12-16(11-17)27-13-15-2-5-20-22(10-15)30-34-29-20/h2,5-10,16-18,23,27,32H,3-4,11-14H2,1H3. The van der Waals surface area contributed by atoms with Crippen molar-refractivity contribution in [1.29, 1.82) is 0 Å². The lowest BCUT2D eigenvalue weighted by molar-refractivity contribution is 0.0521. The van der Waals surface area contributed by atoms with E-state index in [0.717, 1.165) is 41.5 Å². The van der Waals surface area contributed by atoms with Gasteiger partial charge >= 0.3 is 0 Å². The molecule has 1 aromatic carbocycles. The van der Waals surface area contributed by atoms with E-state index >= 15 is 0 Å². The first kappa shape index (κ1) is 21.8. The zero-order valence-electron chi connectivity index (χ0n) is 19.1. The SMILES string of the molecule is COc1ccc2nccc(C(O)CN3C4CCC3CC(NCc3ccc5nsnc5c3)C4)c2n1. The fourth-order valence-corrected chi connectivity index (χ4v) is 6.16. The molecule has 0 aliphatic carbocycles. The van der Waals surface area contributed by atoms with Crippen LogP contribution in [0.25, 0.3) is 22.1 Å². The molecule has 3 aromatic heterocycles. The van der Waals surface area contributed by atoms with Crippen LogP contribution >= 0.6 is 11.7 Å². The van der Waals surface area contributed by atoms with Crippen molar-refractivity contribution in [2.75, 3.05) is 13.7 Å². The number of aliphatic hydroxyl groups excluding tert-OH is 1. The Balaban J connectivity index is 1.11. The number of rotatable bonds is 7. The number of fused-ring (bicyclic) bond motifs is 4. The summed E-state index contributed by atoms with van der Waals surface area (Å²) >= 11 is 1.26. The van der Waals surface area contributed by atoms with Crippen molar-refractivity contribution < 1.29 is 9.84 Å². The molecule has 2 saturated heterocycles. The van der Waals surface area contributed by atoms with Gasteiger partial charge in [0.2, 0.25) is 5.88 Å². The summed E-state index contributed by atoms with van der Waals surface area (Å²) < 4.78 is 13.9. The van der Waals surface area contributed by atoms with Crippen LogP contribution in [0, 0.1) is 0 Å². The van der Waals surface area contributed by atoms with Gasteiger partial charge in [0.25, 0.3) is 0 Å². The molecule has 2 aliphatic rings. The number of hydrogen-bond donors (Lipinski definition) is 2. The van der Waals surface area contributed by atoms with E-state index in [1.54, 1.807) is 19.4 Å². The molecule has 176 valence electrons. The first-order valence-corrected chi connectivity index (χ1v) is 12.6. The summed E-state index contributed by atoms with van der Waals surface area (Å²) in [5, 5.41) is 15.0. The number of nitrogens with zero attached hydrogens (tertiary/aromatic N) is 5. The van der Waals surface area contributed by atoms with E-state index < -0.39 is 6.10 Å². The van der Waals surface area contributed by atoms with E-state index in [1.807, 2.05) is 12.1 Å². The van der Waals surface area contributed by atoms with E-state index in [-0.39, 0.29) is 0 Å². The topological polar surface area (TPSA) is 96.3 Å². The maximum Gasteiger partial charge on any atom is 0.213 e. The zero-order chi connectivity index (χ0) is 23.1. The highest BCUT2D eigenvalue weighted by Crippen LogP contribution is 2.37. The van der Waals surface area contributed by atoms with Crippen molar-refractivity contribution in [1.82, 2.24) is 28.9 Å². The van der Waals surface area contributed by atoms with Crippen LogP contribution in [0.15, 0.2) is 42.6 Å². The van der Waals surface area contributed by atoms with Crippen LogP contribution in [0.1, 0.15) is 42.9 Å². The summed E-state index contributed by atoms with van der Waals surface area (Å²) in [6, 6.07) is 13.4. The van der Waals surface area contributed by atoms with E-state index in [1.165, 1.54) is 30.1 Å². The summed E-state index contributed by atoms with van der Waals surface area (Å²) in [6.07, 6.45) is 5.72. The Hall–Kier alpha value is -2.72. The van der Waals surface area contributed by atoms with Crippen molar-refractivity contribution in [3.8, 4) is 5.88 Å². The molecular weight excluding hydrogens is 448 g/mol. The molecule has 5 heterocycles. The number of nitrogens with one attached hydrogen (secondary N) is 1. The van der Waals surface area contributed by atoms with Crippen LogP contribution in [0.4, 0.5) is 0 Å². The maximum atomic E-state index is 11.2.